The van der Waals surface area contributed by atoms with Crippen molar-refractivity contribution in [2.45, 2.75) is 19.4 Å². The number of rotatable bonds is 4. The van der Waals surface area contributed by atoms with E-state index in [1.54, 1.807) is 6.07 Å². The van der Waals surface area contributed by atoms with Crippen molar-refractivity contribution in [2.75, 3.05) is 32.8 Å². The number of ether oxygens (including phenoxy) is 1. The maximum absolute atomic E-state index is 13.8. The molecule has 0 aromatic heterocycles. The summed E-state index contributed by atoms with van der Waals surface area (Å²) in [6.45, 7) is 7.69. The highest BCUT2D eigenvalue weighted by atomic mass is 79.9. The number of carbonyl (C=O) groups is 1. The van der Waals surface area contributed by atoms with Gasteiger partial charge in [-0.05, 0) is 32.0 Å². The molecule has 0 saturated carbocycles. The van der Waals surface area contributed by atoms with E-state index in [9.17, 15) is 9.18 Å². The fourth-order valence-corrected chi connectivity index (χ4v) is 2.68. The third-order valence-corrected chi connectivity index (χ3v) is 4.22. The second-order valence-corrected chi connectivity index (χ2v) is 6.63. The van der Waals surface area contributed by atoms with Gasteiger partial charge in [0.2, 0.25) is 0 Å². The molecule has 0 radical (unpaired) electrons. The molecular formula is C15H20BrFN2O2. The van der Waals surface area contributed by atoms with E-state index in [-0.39, 0.29) is 17.0 Å². The first-order chi connectivity index (χ1) is 9.90. The fourth-order valence-electron chi connectivity index (χ4n) is 2.35. The smallest absolute Gasteiger partial charge is 0.254 e. The highest BCUT2D eigenvalue weighted by Crippen LogP contribution is 2.17. The van der Waals surface area contributed by atoms with Crippen molar-refractivity contribution in [3.05, 3.63) is 34.1 Å². The minimum absolute atomic E-state index is 0.0657. The number of hydrogen-bond donors (Lipinski definition) is 1. The third kappa shape index (κ3) is 4.25. The molecule has 1 fully saturated rings. The van der Waals surface area contributed by atoms with Crippen molar-refractivity contribution in [3.8, 4) is 0 Å². The van der Waals surface area contributed by atoms with Crippen LogP contribution in [-0.2, 0) is 4.74 Å². The monoisotopic (exact) mass is 358 g/mol. The summed E-state index contributed by atoms with van der Waals surface area (Å²) in [6.07, 6.45) is 0. The summed E-state index contributed by atoms with van der Waals surface area (Å²) >= 11 is 3.18. The molecule has 0 unspecified atom stereocenters. The summed E-state index contributed by atoms with van der Waals surface area (Å²) in [5.74, 6) is -0.910. The second-order valence-electron chi connectivity index (χ2n) is 5.72. The summed E-state index contributed by atoms with van der Waals surface area (Å²) in [4.78, 5) is 14.4. The average molecular weight is 359 g/mol. The Kier molecular flexibility index (Phi) is 5.35. The van der Waals surface area contributed by atoms with Gasteiger partial charge in [0.1, 0.15) is 5.82 Å². The largest absolute Gasteiger partial charge is 0.379 e. The molecule has 2 rings (SSSR count). The Morgan fingerprint density at radius 3 is 2.71 bits per heavy atom. The van der Waals surface area contributed by atoms with Gasteiger partial charge in [-0.2, -0.15) is 0 Å². The van der Waals surface area contributed by atoms with Crippen LogP contribution in [0.15, 0.2) is 22.7 Å². The van der Waals surface area contributed by atoms with Gasteiger partial charge in [0.15, 0.2) is 0 Å². The Bertz CT molecular complexity index is 516. The number of nitrogens with zero attached hydrogens (tertiary/aromatic N) is 1. The third-order valence-electron chi connectivity index (χ3n) is 3.72. The Labute approximate surface area is 132 Å². The molecule has 1 saturated heterocycles. The van der Waals surface area contributed by atoms with Crippen LogP contribution in [0.3, 0.4) is 0 Å². The Hall–Kier alpha value is -0.980. The van der Waals surface area contributed by atoms with E-state index in [0.29, 0.717) is 24.2 Å². The zero-order valence-corrected chi connectivity index (χ0v) is 13.9. The molecule has 0 bridgehead atoms. The van der Waals surface area contributed by atoms with Crippen molar-refractivity contribution in [2.24, 2.45) is 0 Å². The van der Waals surface area contributed by atoms with Gasteiger partial charge in [0.05, 0.1) is 18.8 Å². The molecular weight excluding hydrogens is 339 g/mol. The van der Waals surface area contributed by atoms with E-state index < -0.39 is 5.82 Å². The molecule has 4 nitrogen and oxygen atoms in total. The van der Waals surface area contributed by atoms with Crippen molar-refractivity contribution in [1.29, 1.82) is 0 Å². The first kappa shape index (κ1) is 16.4. The normalized spacial score (nSPS) is 16.8. The van der Waals surface area contributed by atoms with E-state index in [1.807, 2.05) is 0 Å². The highest BCUT2D eigenvalue weighted by Gasteiger charge is 2.28. The van der Waals surface area contributed by atoms with Gasteiger partial charge in [0, 0.05) is 29.6 Å². The molecule has 0 atom stereocenters. The number of morpholine rings is 1. The molecule has 1 heterocycles. The molecule has 1 amide bonds. The SMILES string of the molecule is CC(C)(CNC(=O)c1ccc(Br)cc1F)N1CCOCC1. The molecule has 116 valence electrons. The molecule has 1 aliphatic heterocycles. The molecule has 6 heteroatoms. The van der Waals surface area contributed by atoms with Crippen LogP contribution in [0.2, 0.25) is 0 Å². The van der Waals surface area contributed by atoms with Crippen LogP contribution in [0.1, 0.15) is 24.2 Å². The molecule has 1 aromatic carbocycles. The first-order valence-corrected chi connectivity index (χ1v) is 7.75. The van der Waals surface area contributed by atoms with Gasteiger partial charge in [0.25, 0.3) is 5.91 Å². The quantitative estimate of drug-likeness (QED) is 0.898. The van der Waals surface area contributed by atoms with E-state index in [1.165, 1.54) is 12.1 Å². The summed E-state index contributed by atoms with van der Waals surface area (Å²) in [6, 6.07) is 4.43. The number of carbonyl (C=O) groups excluding carboxylic acids is 1. The van der Waals surface area contributed by atoms with E-state index in [2.05, 4.69) is 40.0 Å². The van der Waals surface area contributed by atoms with Crippen LogP contribution in [0.25, 0.3) is 0 Å². The number of halogens is 2. The summed E-state index contributed by atoms with van der Waals surface area (Å²) in [7, 11) is 0. The number of amides is 1. The van der Waals surface area contributed by atoms with E-state index in [4.69, 9.17) is 4.74 Å². The lowest BCUT2D eigenvalue weighted by Crippen LogP contribution is -2.55. The van der Waals surface area contributed by atoms with Crippen molar-refractivity contribution in [3.63, 3.8) is 0 Å². The Morgan fingerprint density at radius 2 is 2.10 bits per heavy atom. The zero-order chi connectivity index (χ0) is 15.5. The van der Waals surface area contributed by atoms with Gasteiger partial charge < -0.3 is 10.1 Å². The second kappa shape index (κ2) is 6.85. The summed E-state index contributed by atoms with van der Waals surface area (Å²) in [5.41, 5.74) is -0.123. The predicted octanol–water partition coefficient (Wildman–Crippen LogP) is 2.43. The lowest BCUT2D eigenvalue weighted by molar-refractivity contribution is -0.00924. The Morgan fingerprint density at radius 1 is 1.43 bits per heavy atom. The minimum Gasteiger partial charge on any atom is -0.379 e. The van der Waals surface area contributed by atoms with E-state index >= 15 is 0 Å². The van der Waals surface area contributed by atoms with Crippen LogP contribution >= 0.6 is 15.9 Å². The van der Waals surface area contributed by atoms with Gasteiger partial charge in [-0.3, -0.25) is 9.69 Å². The minimum atomic E-state index is -0.522. The maximum atomic E-state index is 13.8. The topological polar surface area (TPSA) is 41.6 Å². The highest BCUT2D eigenvalue weighted by molar-refractivity contribution is 9.10. The molecule has 0 aliphatic carbocycles. The Balaban J connectivity index is 1.96. The molecule has 1 aromatic rings. The molecule has 0 spiro atoms. The van der Waals surface area contributed by atoms with Crippen LogP contribution in [-0.4, -0.2) is 49.2 Å². The van der Waals surface area contributed by atoms with Crippen LogP contribution < -0.4 is 5.32 Å². The average Bonchev–Trinajstić information content (AvgIpc) is 2.46. The molecule has 1 aliphatic rings. The van der Waals surface area contributed by atoms with Gasteiger partial charge in [-0.15, -0.1) is 0 Å². The lowest BCUT2D eigenvalue weighted by atomic mass is 10.0. The van der Waals surface area contributed by atoms with Crippen molar-refractivity contribution < 1.29 is 13.9 Å². The zero-order valence-electron chi connectivity index (χ0n) is 12.3. The van der Waals surface area contributed by atoms with Crippen LogP contribution in [0.5, 0.6) is 0 Å². The van der Waals surface area contributed by atoms with Crippen LogP contribution in [0.4, 0.5) is 4.39 Å². The molecule has 1 N–H and O–H groups in total. The van der Waals surface area contributed by atoms with Gasteiger partial charge >= 0.3 is 0 Å². The van der Waals surface area contributed by atoms with Gasteiger partial charge in [-0.1, -0.05) is 15.9 Å². The number of benzene rings is 1. The van der Waals surface area contributed by atoms with E-state index in [0.717, 1.165) is 13.1 Å². The fraction of sp³-hybridized carbons (Fsp3) is 0.533. The maximum Gasteiger partial charge on any atom is 0.254 e. The first-order valence-electron chi connectivity index (χ1n) is 6.96. The van der Waals surface area contributed by atoms with Crippen molar-refractivity contribution >= 4 is 21.8 Å². The van der Waals surface area contributed by atoms with Crippen LogP contribution in [0, 0.1) is 5.82 Å². The summed E-state index contributed by atoms with van der Waals surface area (Å²) < 4.78 is 19.7. The number of hydrogen-bond acceptors (Lipinski definition) is 3. The van der Waals surface area contributed by atoms with Gasteiger partial charge in [-0.25, -0.2) is 4.39 Å². The standard InChI is InChI=1S/C15H20BrFN2O2/c1-15(2,19-5-7-21-8-6-19)10-18-14(20)12-4-3-11(16)9-13(12)17/h3-4,9H,5-8,10H2,1-2H3,(H,18,20). The predicted molar refractivity (Wildman–Crippen MR) is 82.9 cm³/mol. The molecule has 21 heavy (non-hydrogen) atoms. The summed E-state index contributed by atoms with van der Waals surface area (Å²) in [5, 5.41) is 2.82. The van der Waals surface area contributed by atoms with Crippen molar-refractivity contribution in [1.82, 2.24) is 10.2 Å². The number of nitrogens with one attached hydrogen (secondary N) is 1. The lowest BCUT2D eigenvalue weighted by Gasteiger charge is -2.40.